The molecule has 0 radical (unpaired) electrons. The lowest BCUT2D eigenvalue weighted by molar-refractivity contribution is -0.137. The zero-order chi connectivity index (χ0) is 33.5. The molecule has 1 atom stereocenters. The van der Waals surface area contributed by atoms with Gasteiger partial charge in [0.1, 0.15) is 18.1 Å². The van der Waals surface area contributed by atoms with Crippen molar-refractivity contribution in [2.45, 2.75) is 84.0 Å². The monoisotopic (exact) mass is 633 g/mol. The van der Waals surface area contributed by atoms with Gasteiger partial charge in [-0.2, -0.15) is 13.2 Å². The van der Waals surface area contributed by atoms with Crippen molar-refractivity contribution in [3.05, 3.63) is 63.2 Å². The molecule has 242 valence electrons. The maximum atomic E-state index is 13.5. The number of amides is 2. The Labute approximate surface area is 256 Å². The van der Waals surface area contributed by atoms with Crippen molar-refractivity contribution in [3.8, 4) is 0 Å². The maximum absolute atomic E-state index is 13.5. The van der Waals surface area contributed by atoms with E-state index in [0.717, 1.165) is 23.9 Å². The molecule has 13 nitrogen and oxygen atoms in total. The van der Waals surface area contributed by atoms with Crippen LogP contribution in [0.1, 0.15) is 86.8 Å². The number of hydrogen-bond donors (Lipinski definition) is 2. The molecule has 3 aromatic heterocycles. The molecule has 0 spiro atoms. The van der Waals surface area contributed by atoms with Gasteiger partial charge in [-0.3, -0.25) is 29.3 Å². The van der Waals surface area contributed by atoms with E-state index in [0.29, 0.717) is 18.5 Å². The fourth-order valence-corrected chi connectivity index (χ4v) is 4.77. The Morgan fingerprint density at radius 2 is 1.80 bits per heavy atom. The quantitative estimate of drug-likeness (QED) is 0.329. The summed E-state index contributed by atoms with van der Waals surface area (Å²) < 4.78 is 50.4. The molecule has 3 aromatic rings. The second-order valence-electron chi connectivity index (χ2n) is 12.2. The van der Waals surface area contributed by atoms with Crippen molar-refractivity contribution in [2.75, 3.05) is 12.4 Å². The summed E-state index contributed by atoms with van der Waals surface area (Å²) in [5.41, 5.74) is -2.79. The summed E-state index contributed by atoms with van der Waals surface area (Å²) in [7, 11) is 1.14. The van der Waals surface area contributed by atoms with Crippen molar-refractivity contribution in [1.82, 2.24) is 30.0 Å². The summed E-state index contributed by atoms with van der Waals surface area (Å²) in [5, 5.41) is 12.8. The summed E-state index contributed by atoms with van der Waals surface area (Å²) >= 11 is 0. The lowest BCUT2D eigenvalue weighted by atomic mass is 9.95. The molecule has 1 aliphatic carbocycles. The van der Waals surface area contributed by atoms with Crippen LogP contribution in [0, 0.1) is 12.8 Å². The Bertz CT molecular complexity index is 1670. The van der Waals surface area contributed by atoms with E-state index in [4.69, 9.17) is 4.42 Å². The third-order valence-electron chi connectivity index (χ3n) is 7.38. The number of alkyl halides is 3. The van der Waals surface area contributed by atoms with Gasteiger partial charge in [-0.15, -0.1) is 10.2 Å². The van der Waals surface area contributed by atoms with Gasteiger partial charge >= 0.3 is 12.3 Å². The minimum atomic E-state index is -4.54. The van der Waals surface area contributed by atoms with Crippen LogP contribution in [-0.2, 0) is 33.1 Å². The summed E-state index contributed by atoms with van der Waals surface area (Å²) in [6.45, 7) is 9.80. The zero-order valence-electron chi connectivity index (χ0n) is 25.8. The molecule has 4 rings (SSSR count). The number of methoxy groups -OCH3 is 1. The molecule has 0 saturated heterocycles. The number of nitrogens with zero attached hydrogens (tertiary/aromatic N) is 5. The van der Waals surface area contributed by atoms with Crippen molar-refractivity contribution in [3.63, 3.8) is 0 Å². The normalized spacial score (nSPS) is 15.0. The number of carbonyl (C=O) groups is 3. The van der Waals surface area contributed by atoms with Gasteiger partial charge in [-0.1, -0.05) is 34.6 Å². The van der Waals surface area contributed by atoms with Crippen molar-refractivity contribution in [2.24, 2.45) is 5.92 Å². The van der Waals surface area contributed by atoms with E-state index in [-0.39, 0.29) is 23.1 Å². The number of pyridine rings is 1. The summed E-state index contributed by atoms with van der Waals surface area (Å²) in [4.78, 5) is 60.5. The van der Waals surface area contributed by atoms with E-state index in [1.807, 2.05) is 0 Å². The van der Waals surface area contributed by atoms with E-state index >= 15 is 0 Å². The number of carbonyl (C=O) groups excluding carboxylic acids is 3. The van der Waals surface area contributed by atoms with Gasteiger partial charge in [0.05, 0.1) is 35.5 Å². The van der Waals surface area contributed by atoms with Crippen LogP contribution in [0.15, 0.2) is 27.5 Å². The summed E-state index contributed by atoms with van der Waals surface area (Å²) in [5.74, 6) is -1.92. The summed E-state index contributed by atoms with van der Waals surface area (Å²) in [6, 6.07) is 1.03. The molecule has 16 heteroatoms. The number of rotatable bonds is 9. The van der Waals surface area contributed by atoms with Gasteiger partial charge in [0.2, 0.25) is 17.6 Å². The molecular weight excluding hydrogens is 599 g/mol. The van der Waals surface area contributed by atoms with E-state index in [1.54, 1.807) is 34.6 Å². The van der Waals surface area contributed by atoms with E-state index in [2.05, 4.69) is 35.5 Å². The smallest absolute Gasteiger partial charge is 0.417 e. The highest BCUT2D eigenvalue weighted by Crippen LogP contribution is 2.52. The van der Waals surface area contributed by atoms with Gasteiger partial charge in [-0.05, 0) is 37.8 Å². The van der Waals surface area contributed by atoms with Crippen molar-refractivity contribution in [1.29, 1.82) is 0 Å². The largest absolute Gasteiger partial charge is 0.453 e. The standard InChI is InChI=1S/C29H34F3N7O6/c1-14(2)19(35-18(40)13-39-23(42)20(36-26(43)44-7)15(3)34-24(39)27(4,5)6)21(41)22-37-38-25(45-22)28(10-11-28)17-9-8-16(12-33-17)29(30,31)32/h8-9,12,14,19H,10-11,13H2,1-7H3,(H,35,40)(H,36,43)/t19-/m0/s1. The molecule has 0 bridgehead atoms. The molecule has 45 heavy (non-hydrogen) atoms. The number of aromatic nitrogens is 5. The van der Waals surface area contributed by atoms with Crippen molar-refractivity contribution >= 4 is 23.5 Å². The predicted molar refractivity (Wildman–Crippen MR) is 153 cm³/mol. The highest BCUT2D eigenvalue weighted by atomic mass is 19.4. The Balaban J connectivity index is 1.57. The van der Waals surface area contributed by atoms with E-state index in [9.17, 15) is 32.3 Å². The first kappa shape index (κ1) is 33.3. The second-order valence-corrected chi connectivity index (χ2v) is 12.2. The third-order valence-corrected chi connectivity index (χ3v) is 7.38. The van der Waals surface area contributed by atoms with Gasteiger partial charge in [-0.25, -0.2) is 9.78 Å². The number of hydrogen-bond acceptors (Lipinski definition) is 10. The van der Waals surface area contributed by atoms with Crippen LogP contribution in [0.2, 0.25) is 0 Å². The Hall–Kier alpha value is -4.63. The molecule has 0 aliphatic heterocycles. The van der Waals surface area contributed by atoms with Crippen LogP contribution < -0.4 is 16.2 Å². The number of ketones is 1. The van der Waals surface area contributed by atoms with Crippen LogP contribution >= 0.6 is 0 Å². The Kier molecular flexibility index (Phi) is 8.90. The Morgan fingerprint density at radius 3 is 2.31 bits per heavy atom. The topological polar surface area (TPSA) is 171 Å². The molecule has 0 aromatic carbocycles. The minimum Gasteiger partial charge on any atom is -0.453 e. The van der Waals surface area contributed by atoms with E-state index in [1.165, 1.54) is 13.0 Å². The van der Waals surface area contributed by atoms with Crippen LogP contribution in [0.4, 0.5) is 23.7 Å². The molecule has 0 unspecified atom stereocenters. The van der Waals surface area contributed by atoms with Crippen molar-refractivity contribution < 1.29 is 36.7 Å². The summed E-state index contributed by atoms with van der Waals surface area (Å²) in [6.07, 6.45) is -3.73. The molecule has 3 heterocycles. The van der Waals surface area contributed by atoms with Gasteiger partial charge in [0, 0.05) is 11.6 Å². The minimum absolute atomic E-state index is 0.0321. The highest BCUT2D eigenvalue weighted by Gasteiger charge is 2.52. The first-order valence-corrected chi connectivity index (χ1v) is 14.1. The highest BCUT2D eigenvalue weighted by molar-refractivity contribution is 5.98. The molecule has 1 saturated carbocycles. The lowest BCUT2D eigenvalue weighted by Gasteiger charge is -2.25. The SMILES string of the molecule is COC(=O)Nc1c(C)nc(C(C)(C)C)n(CC(=O)N[C@H](C(=O)c2nnc(C3(c4ccc(C(F)(F)F)cn4)CC3)o2)C(C)C)c1=O. The number of halogens is 3. The molecule has 1 aliphatic rings. The zero-order valence-corrected chi connectivity index (χ0v) is 25.8. The maximum Gasteiger partial charge on any atom is 0.417 e. The molecule has 2 amide bonds. The third kappa shape index (κ3) is 6.88. The average molecular weight is 634 g/mol. The van der Waals surface area contributed by atoms with E-state index < -0.39 is 70.3 Å². The molecule has 1 fully saturated rings. The van der Waals surface area contributed by atoms with Gasteiger partial charge in [0.25, 0.3) is 11.4 Å². The first-order chi connectivity index (χ1) is 20.9. The fourth-order valence-electron chi connectivity index (χ4n) is 4.77. The van der Waals surface area contributed by atoms with Gasteiger partial charge < -0.3 is 14.5 Å². The number of aryl methyl sites for hydroxylation is 1. The lowest BCUT2D eigenvalue weighted by Crippen LogP contribution is -2.47. The van der Waals surface area contributed by atoms with Crippen LogP contribution in [0.5, 0.6) is 0 Å². The average Bonchev–Trinajstić information content (AvgIpc) is 3.62. The number of Topliss-reactive ketones (excluding diaryl/α,β-unsaturated/α-hetero) is 1. The first-order valence-electron chi connectivity index (χ1n) is 14.1. The van der Waals surface area contributed by atoms with Crippen LogP contribution in [-0.4, -0.2) is 55.7 Å². The second kappa shape index (κ2) is 12.0. The predicted octanol–water partition coefficient (Wildman–Crippen LogP) is 3.93. The number of ether oxygens (including phenoxy) is 1. The number of nitrogens with one attached hydrogen (secondary N) is 2. The number of anilines is 1. The van der Waals surface area contributed by atoms with Crippen LogP contribution in [0.25, 0.3) is 0 Å². The fraction of sp³-hybridized carbons (Fsp3) is 0.517. The molecule has 2 N–H and O–H groups in total. The van der Waals surface area contributed by atoms with Crippen LogP contribution in [0.3, 0.4) is 0 Å². The Morgan fingerprint density at radius 1 is 1.13 bits per heavy atom. The molecular formula is C29H34F3N7O6. The van der Waals surface area contributed by atoms with Gasteiger partial charge in [0.15, 0.2) is 0 Å².